The quantitative estimate of drug-likeness (QED) is 0.889. The van der Waals surface area contributed by atoms with Gasteiger partial charge >= 0.3 is 6.03 Å². The first-order valence-electron chi connectivity index (χ1n) is 8.73. The van der Waals surface area contributed by atoms with Crippen LogP contribution in [0.5, 0.6) is 5.75 Å². The lowest BCUT2D eigenvalue weighted by Gasteiger charge is -2.35. The molecule has 2 aliphatic heterocycles. The average Bonchev–Trinajstić information content (AvgIpc) is 3.21. The van der Waals surface area contributed by atoms with E-state index in [0.717, 1.165) is 24.2 Å². The Balaban J connectivity index is 1.42. The second-order valence-corrected chi connectivity index (χ2v) is 6.32. The number of benzene rings is 1. The fourth-order valence-electron chi connectivity index (χ4n) is 3.14. The molecule has 2 fully saturated rings. The molecule has 1 atom stereocenters. The summed E-state index contributed by atoms with van der Waals surface area (Å²) < 4.78 is 10.6. The Kier molecular flexibility index (Phi) is 5.75. The lowest BCUT2D eigenvalue weighted by atomic mass is 10.2. The zero-order chi connectivity index (χ0) is 17.6. The molecular weight excluding hydrogens is 322 g/mol. The lowest BCUT2D eigenvalue weighted by molar-refractivity contribution is -0.142. The van der Waals surface area contributed by atoms with Gasteiger partial charge in [0.2, 0.25) is 0 Å². The molecule has 0 aromatic heterocycles. The monoisotopic (exact) mass is 347 g/mol. The van der Waals surface area contributed by atoms with Crippen LogP contribution in [0.4, 0.5) is 4.79 Å². The smallest absolute Gasteiger partial charge is 0.317 e. The van der Waals surface area contributed by atoms with Crippen molar-refractivity contribution < 1.29 is 19.1 Å². The predicted octanol–water partition coefficient (Wildman–Crippen LogP) is 1.23. The zero-order valence-corrected chi connectivity index (χ0v) is 14.6. The Hall–Kier alpha value is -2.28. The van der Waals surface area contributed by atoms with Gasteiger partial charge in [-0.1, -0.05) is 12.1 Å². The first-order valence-corrected chi connectivity index (χ1v) is 8.73. The van der Waals surface area contributed by atoms with E-state index in [1.807, 2.05) is 29.2 Å². The number of carbonyl (C=O) groups excluding carboxylic acids is 2. The third-order valence-corrected chi connectivity index (χ3v) is 4.69. The molecule has 2 saturated heterocycles. The van der Waals surface area contributed by atoms with Crippen molar-refractivity contribution in [3.63, 3.8) is 0 Å². The van der Waals surface area contributed by atoms with E-state index in [0.29, 0.717) is 39.3 Å². The molecule has 2 aliphatic rings. The molecule has 3 amide bonds. The Morgan fingerprint density at radius 1 is 1.16 bits per heavy atom. The highest BCUT2D eigenvalue weighted by atomic mass is 16.5. The van der Waals surface area contributed by atoms with Crippen LogP contribution in [0.25, 0.3) is 0 Å². The van der Waals surface area contributed by atoms with Crippen LogP contribution < -0.4 is 10.1 Å². The van der Waals surface area contributed by atoms with Crippen LogP contribution in [0, 0.1) is 0 Å². The standard InChI is InChI=1S/C18H25N3O4/c1-24-15-6-4-14(5-7-15)13-19-18(23)21-10-8-20(9-11-21)17(22)16-3-2-12-25-16/h4-7,16H,2-3,8-13H2,1H3,(H,19,23)/t16-/m0/s1. The van der Waals surface area contributed by atoms with E-state index in [9.17, 15) is 9.59 Å². The Morgan fingerprint density at radius 2 is 1.84 bits per heavy atom. The number of hydrogen-bond acceptors (Lipinski definition) is 4. The fraction of sp³-hybridized carbons (Fsp3) is 0.556. The highest BCUT2D eigenvalue weighted by molar-refractivity contribution is 5.81. The largest absolute Gasteiger partial charge is 0.497 e. The summed E-state index contributed by atoms with van der Waals surface area (Å²) in [6.45, 7) is 3.37. The summed E-state index contributed by atoms with van der Waals surface area (Å²) >= 11 is 0. The minimum absolute atomic E-state index is 0.0655. The SMILES string of the molecule is COc1ccc(CNC(=O)N2CCN(C(=O)[C@@H]3CCCO3)CC2)cc1. The minimum atomic E-state index is -0.282. The molecule has 2 heterocycles. The molecule has 0 bridgehead atoms. The minimum Gasteiger partial charge on any atom is -0.497 e. The van der Waals surface area contributed by atoms with Gasteiger partial charge in [0.15, 0.2) is 0 Å². The summed E-state index contributed by atoms with van der Waals surface area (Å²) in [6, 6.07) is 7.50. The van der Waals surface area contributed by atoms with Crippen molar-refractivity contribution in [2.45, 2.75) is 25.5 Å². The van der Waals surface area contributed by atoms with Crippen molar-refractivity contribution in [3.05, 3.63) is 29.8 Å². The molecule has 7 heteroatoms. The van der Waals surface area contributed by atoms with Gasteiger partial charge in [-0.25, -0.2) is 4.79 Å². The van der Waals surface area contributed by atoms with Crippen LogP contribution in [0.1, 0.15) is 18.4 Å². The molecule has 7 nitrogen and oxygen atoms in total. The van der Waals surface area contributed by atoms with Gasteiger partial charge in [0.25, 0.3) is 5.91 Å². The molecule has 3 rings (SSSR count). The van der Waals surface area contributed by atoms with Crippen molar-refractivity contribution >= 4 is 11.9 Å². The molecule has 0 radical (unpaired) electrons. The third-order valence-electron chi connectivity index (χ3n) is 4.69. The number of ether oxygens (including phenoxy) is 2. The van der Waals surface area contributed by atoms with Crippen molar-refractivity contribution in [3.8, 4) is 5.75 Å². The molecular formula is C18H25N3O4. The molecule has 0 unspecified atom stereocenters. The number of urea groups is 1. The number of piperazine rings is 1. The topological polar surface area (TPSA) is 71.1 Å². The number of nitrogens with zero attached hydrogens (tertiary/aromatic N) is 2. The predicted molar refractivity (Wildman–Crippen MR) is 92.4 cm³/mol. The first-order chi connectivity index (χ1) is 12.2. The summed E-state index contributed by atoms with van der Waals surface area (Å²) in [7, 11) is 1.63. The second kappa shape index (κ2) is 8.20. The molecule has 25 heavy (non-hydrogen) atoms. The maximum absolute atomic E-state index is 12.3. The maximum atomic E-state index is 12.3. The van der Waals surface area contributed by atoms with Crippen LogP contribution in [0.2, 0.25) is 0 Å². The van der Waals surface area contributed by atoms with Crippen LogP contribution >= 0.6 is 0 Å². The summed E-state index contributed by atoms with van der Waals surface area (Å²) in [5, 5.41) is 2.92. The molecule has 136 valence electrons. The summed E-state index contributed by atoms with van der Waals surface area (Å²) in [4.78, 5) is 28.2. The van der Waals surface area contributed by atoms with Gasteiger partial charge in [-0.3, -0.25) is 4.79 Å². The Bertz CT molecular complexity index is 591. The van der Waals surface area contributed by atoms with Gasteiger partial charge in [-0.05, 0) is 30.5 Å². The number of methoxy groups -OCH3 is 1. The van der Waals surface area contributed by atoms with Crippen molar-refractivity contribution in [2.75, 3.05) is 39.9 Å². The fourth-order valence-corrected chi connectivity index (χ4v) is 3.14. The summed E-state index contributed by atoms with van der Waals surface area (Å²) in [6.07, 6.45) is 1.47. The lowest BCUT2D eigenvalue weighted by Crippen LogP contribution is -2.54. The molecule has 0 spiro atoms. The molecule has 0 aliphatic carbocycles. The highest BCUT2D eigenvalue weighted by Gasteiger charge is 2.31. The number of carbonyl (C=O) groups is 2. The van der Waals surface area contributed by atoms with Crippen molar-refractivity contribution in [1.29, 1.82) is 0 Å². The van der Waals surface area contributed by atoms with E-state index < -0.39 is 0 Å². The van der Waals surface area contributed by atoms with E-state index in [1.165, 1.54) is 0 Å². The number of rotatable bonds is 4. The maximum Gasteiger partial charge on any atom is 0.317 e. The zero-order valence-electron chi connectivity index (χ0n) is 14.6. The number of amides is 3. The van der Waals surface area contributed by atoms with Gasteiger partial charge in [0.05, 0.1) is 7.11 Å². The summed E-state index contributed by atoms with van der Waals surface area (Å²) in [5.74, 6) is 0.859. The third kappa shape index (κ3) is 4.42. The number of nitrogens with one attached hydrogen (secondary N) is 1. The molecule has 1 aromatic rings. The highest BCUT2D eigenvalue weighted by Crippen LogP contribution is 2.16. The van der Waals surface area contributed by atoms with Crippen LogP contribution in [-0.4, -0.2) is 67.7 Å². The molecule has 1 N–H and O–H groups in total. The van der Waals surface area contributed by atoms with Gasteiger partial charge < -0.3 is 24.6 Å². The van der Waals surface area contributed by atoms with Gasteiger partial charge in [0, 0.05) is 39.3 Å². The normalized spacial score (nSPS) is 20.4. The molecule has 0 saturated carbocycles. The molecule has 1 aromatic carbocycles. The van der Waals surface area contributed by atoms with Crippen LogP contribution in [0.15, 0.2) is 24.3 Å². The van der Waals surface area contributed by atoms with Gasteiger partial charge in [-0.15, -0.1) is 0 Å². The Morgan fingerprint density at radius 3 is 2.44 bits per heavy atom. The average molecular weight is 347 g/mol. The van der Waals surface area contributed by atoms with Crippen molar-refractivity contribution in [1.82, 2.24) is 15.1 Å². The first kappa shape index (κ1) is 17.5. The second-order valence-electron chi connectivity index (χ2n) is 6.32. The van der Waals surface area contributed by atoms with E-state index >= 15 is 0 Å². The van der Waals surface area contributed by atoms with Gasteiger partial charge in [-0.2, -0.15) is 0 Å². The van der Waals surface area contributed by atoms with Gasteiger partial charge in [0.1, 0.15) is 11.9 Å². The van der Waals surface area contributed by atoms with Crippen LogP contribution in [-0.2, 0) is 16.1 Å². The van der Waals surface area contributed by atoms with E-state index in [1.54, 1.807) is 12.0 Å². The van der Waals surface area contributed by atoms with Crippen molar-refractivity contribution in [2.24, 2.45) is 0 Å². The summed E-state index contributed by atoms with van der Waals surface area (Å²) in [5.41, 5.74) is 1.02. The van der Waals surface area contributed by atoms with E-state index in [2.05, 4.69) is 5.32 Å². The Labute approximate surface area is 147 Å². The van der Waals surface area contributed by atoms with Crippen LogP contribution in [0.3, 0.4) is 0 Å². The van der Waals surface area contributed by atoms with E-state index in [4.69, 9.17) is 9.47 Å². The number of hydrogen-bond donors (Lipinski definition) is 1. The van der Waals surface area contributed by atoms with E-state index in [-0.39, 0.29) is 18.0 Å².